The fraction of sp³-hybridized carbons (Fsp3) is 0.533. The fourth-order valence-electron chi connectivity index (χ4n) is 2.53. The Morgan fingerprint density at radius 3 is 2.58 bits per heavy atom. The van der Waals surface area contributed by atoms with E-state index in [9.17, 15) is 23.4 Å². The number of rotatable bonds is 6. The smallest absolute Gasteiger partial charge is 0.227 e. The number of nitrogens with one attached hydrogen (secondary N) is 1. The third-order valence-corrected chi connectivity index (χ3v) is 4.65. The molecule has 3 N–H and O–H groups in total. The summed E-state index contributed by atoms with van der Waals surface area (Å²) in [4.78, 5) is 13.7. The van der Waals surface area contributed by atoms with Gasteiger partial charge in [0.05, 0.1) is 26.3 Å². The highest BCUT2D eigenvalue weighted by Crippen LogP contribution is 2.23. The van der Waals surface area contributed by atoms with E-state index in [0.29, 0.717) is 5.75 Å². The molecule has 2 atom stereocenters. The topological polar surface area (TPSA) is 116 Å². The molecule has 0 spiro atoms. The maximum Gasteiger partial charge on any atom is 0.227 e. The standard InChI is InChI=1S/C15H22N2O6S/c1-23-12-5-3-11(4-6-12)7-14(19)17-8-13(18)15(20,10-17)9-16-24(2,21)22/h3-6,13,16,18,20H,7-10H2,1-2H3/t13-,15+/m1/s1. The summed E-state index contributed by atoms with van der Waals surface area (Å²) in [5, 5.41) is 20.4. The van der Waals surface area contributed by atoms with Crippen molar-refractivity contribution in [3.05, 3.63) is 29.8 Å². The van der Waals surface area contributed by atoms with Crippen molar-refractivity contribution in [1.29, 1.82) is 0 Å². The summed E-state index contributed by atoms with van der Waals surface area (Å²) in [7, 11) is -1.95. The van der Waals surface area contributed by atoms with Crippen LogP contribution in [0.2, 0.25) is 0 Å². The van der Waals surface area contributed by atoms with Crippen LogP contribution in [0, 0.1) is 0 Å². The summed E-state index contributed by atoms with van der Waals surface area (Å²) in [5.74, 6) is 0.429. The Balaban J connectivity index is 1.98. The molecule has 1 aromatic carbocycles. The molecular formula is C15H22N2O6S. The van der Waals surface area contributed by atoms with E-state index in [4.69, 9.17) is 4.74 Å². The van der Waals surface area contributed by atoms with Crippen molar-refractivity contribution in [2.75, 3.05) is 33.0 Å². The first-order valence-corrected chi connectivity index (χ1v) is 9.28. The molecule has 8 nitrogen and oxygen atoms in total. The van der Waals surface area contributed by atoms with Gasteiger partial charge in [-0.05, 0) is 17.7 Å². The number of likely N-dealkylation sites (tertiary alicyclic amines) is 1. The van der Waals surface area contributed by atoms with Crippen LogP contribution in [0.1, 0.15) is 5.56 Å². The van der Waals surface area contributed by atoms with Gasteiger partial charge in [-0.2, -0.15) is 0 Å². The maximum absolute atomic E-state index is 12.3. The quantitative estimate of drug-likeness (QED) is 0.583. The first-order valence-electron chi connectivity index (χ1n) is 7.39. The van der Waals surface area contributed by atoms with E-state index in [0.717, 1.165) is 11.8 Å². The minimum absolute atomic E-state index is 0.0447. The van der Waals surface area contributed by atoms with Crippen molar-refractivity contribution in [1.82, 2.24) is 9.62 Å². The van der Waals surface area contributed by atoms with E-state index >= 15 is 0 Å². The molecule has 134 valence electrons. The van der Waals surface area contributed by atoms with Crippen LogP contribution in [-0.4, -0.2) is 74.1 Å². The molecule has 0 radical (unpaired) electrons. The van der Waals surface area contributed by atoms with E-state index in [1.54, 1.807) is 31.4 Å². The van der Waals surface area contributed by atoms with Crippen LogP contribution in [0.25, 0.3) is 0 Å². The summed E-state index contributed by atoms with van der Waals surface area (Å²) in [5.41, 5.74) is -0.918. The molecule has 1 heterocycles. The van der Waals surface area contributed by atoms with Crippen LogP contribution in [0.15, 0.2) is 24.3 Å². The zero-order valence-electron chi connectivity index (χ0n) is 13.6. The van der Waals surface area contributed by atoms with E-state index in [1.165, 1.54) is 4.90 Å². The largest absolute Gasteiger partial charge is 0.497 e. The summed E-state index contributed by atoms with van der Waals surface area (Å²) in [6.45, 7) is -0.526. The number of methoxy groups -OCH3 is 1. The number of hydrogen-bond acceptors (Lipinski definition) is 6. The minimum Gasteiger partial charge on any atom is -0.497 e. The zero-order valence-corrected chi connectivity index (χ0v) is 14.4. The normalized spacial score (nSPS) is 24.2. The molecule has 2 rings (SSSR count). The lowest BCUT2D eigenvalue weighted by Gasteiger charge is -2.25. The van der Waals surface area contributed by atoms with Crippen molar-refractivity contribution < 1.29 is 28.2 Å². The van der Waals surface area contributed by atoms with Gasteiger partial charge in [-0.25, -0.2) is 13.1 Å². The number of ether oxygens (including phenoxy) is 1. The molecule has 1 aromatic rings. The van der Waals surface area contributed by atoms with E-state index in [-0.39, 0.29) is 32.0 Å². The Morgan fingerprint density at radius 2 is 2.04 bits per heavy atom. The molecule has 1 aliphatic rings. The summed E-state index contributed by atoms with van der Waals surface area (Å²) in [6.07, 6.45) is -0.136. The molecule has 0 aliphatic carbocycles. The summed E-state index contributed by atoms with van der Waals surface area (Å²) >= 11 is 0. The van der Waals surface area contributed by atoms with Gasteiger partial charge in [0, 0.05) is 13.1 Å². The predicted molar refractivity (Wildman–Crippen MR) is 87.1 cm³/mol. The van der Waals surface area contributed by atoms with Crippen molar-refractivity contribution in [3.63, 3.8) is 0 Å². The van der Waals surface area contributed by atoms with Gasteiger partial charge in [0.2, 0.25) is 15.9 Å². The van der Waals surface area contributed by atoms with E-state index in [2.05, 4.69) is 4.72 Å². The molecule has 0 saturated carbocycles. The van der Waals surface area contributed by atoms with Crippen LogP contribution >= 0.6 is 0 Å². The van der Waals surface area contributed by atoms with Gasteiger partial charge >= 0.3 is 0 Å². The predicted octanol–water partition coefficient (Wildman–Crippen LogP) is -1.28. The zero-order chi connectivity index (χ0) is 18.0. The first-order chi connectivity index (χ1) is 11.1. The SMILES string of the molecule is COc1ccc(CC(=O)N2C[C@@H](O)[C@](O)(CNS(C)(=O)=O)C2)cc1. The Morgan fingerprint density at radius 1 is 1.42 bits per heavy atom. The number of benzene rings is 1. The van der Waals surface area contributed by atoms with Crippen molar-refractivity contribution in [2.45, 2.75) is 18.1 Å². The third kappa shape index (κ3) is 4.67. The molecule has 0 bridgehead atoms. The summed E-state index contributed by atoms with van der Waals surface area (Å²) < 4.78 is 29.5. The van der Waals surface area contributed by atoms with E-state index in [1.807, 2.05) is 0 Å². The number of sulfonamides is 1. The molecule has 0 unspecified atom stereocenters. The van der Waals surface area contributed by atoms with Gasteiger partial charge in [0.15, 0.2) is 0 Å². The van der Waals surface area contributed by atoms with Crippen molar-refractivity contribution in [2.24, 2.45) is 0 Å². The number of carbonyl (C=O) groups excluding carboxylic acids is 1. The highest BCUT2D eigenvalue weighted by atomic mass is 32.2. The Kier molecular flexibility index (Phi) is 5.49. The highest BCUT2D eigenvalue weighted by Gasteiger charge is 2.46. The Labute approximate surface area is 141 Å². The number of aliphatic hydroxyl groups excluding tert-OH is 1. The number of β-amino-alcohol motifs (C(OH)–C–C–N with tert-alkyl or cyclic N) is 2. The highest BCUT2D eigenvalue weighted by molar-refractivity contribution is 7.88. The molecule has 1 saturated heterocycles. The number of hydrogen-bond donors (Lipinski definition) is 3. The second-order valence-electron chi connectivity index (χ2n) is 6.01. The number of aliphatic hydroxyl groups is 2. The van der Waals surface area contributed by atoms with E-state index < -0.39 is 21.7 Å². The lowest BCUT2D eigenvalue weighted by Crippen LogP contribution is -2.51. The molecule has 24 heavy (non-hydrogen) atoms. The molecular weight excluding hydrogens is 336 g/mol. The molecule has 1 fully saturated rings. The van der Waals surface area contributed by atoms with Gasteiger partial charge in [-0.1, -0.05) is 12.1 Å². The molecule has 1 aliphatic heterocycles. The van der Waals surface area contributed by atoms with Gasteiger partial charge in [-0.3, -0.25) is 4.79 Å². The molecule has 1 amide bonds. The second-order valence-corrected chi connectivity index (χ2v) is 7.84. The van der Waals surface area contributed by atoms with Gasteiger partial charge in [0.1, 0.15) is 17.5 Å². The lowest BCUT2D eigenvalue weighted by atomic mass is 10.0. The van der Waals surface area contributed by atoms with Crippen molar-refractivity contribution >= 4 is 15.9 Å². The molecule has 0 aromatic heterocycles. The number of amides is 1. The average molecular weight is 358 g/mol. The number of carbonyl (C=O) groups is 1. The number of nitrogens with zero attached hydrogens (tertiary/aromatic N) is 1. The van der Waals surface area contributed by atoms with Crippen LogP contribution < -0.4 is 9.46 Å². The summed E-state index contributed by atoms with van der Waals surface area (Å²) in [6, 6.07) is 7.02. The fourth-order valence-corrected chi connectivity index (χ4v) is 3.04. The van der Waals surface area contributed by atoms with Gasteiger partial charge in [0.25, 0.3) is 0 Å². The molecule has 9 heteroatoms. The second kappa shape index (κ2) is 7.06. The van der Waals surface area contributed by atoms with Crippen molar-refractivity contribution in [3.8, 4) is 5.75 Å². The van der Waals surface area contributed by atoms with Crippen LogP contribution in [0.4, 0.5) is 0 Å². The lowest BCUT2D eigenvalue weighted by molar-refractivity contribution is -0.130. The van der Waals surface area contributed by atoms with Gasteiger partial charge in [-0.15, -0.1) is 0 Å². The third-order valence-electron chi connectivity index (χ3n) is 3.99. The first kappa shape index (κ1) is 18.7. The van der Waals surface area contributed by atoms with Gasteiger partial charge < -0.3 is 19.8 Å². The monoisotopic (exact) mass is 358 g/mol. The Bertz CT molecular complexity index is 690. The van der Waals surface area contributed by atoms with Crippen LogP contribution in [-0.2, 0) is 21.2 Å². The van der Waals surface area contributed by atoms with Crippen LogP contribution in [0.3, 0.4) is 0 Å². The average Bonchev–Trinajstić information content (AvgIpc) is 2.82. The Hall–Kier alpha value is -1.68. The minimum atomic E-state index is -3.50. The van der Waals surface area contributed by atoms with Crippen LogP contribution in [0.5, 0.6) is 5.75 Å². The maximum atomic E-state index is 12.3.